The van der Waals surface area contributed by atoms with Crippen LogP contribution in [0.2, 0.25) is 0 Å². The van der Waals surface area contributed by atoms with E-state index in [1.165, 1.54) is 24.3 Å². The Kier molecular flexibility index (Phi) is 2.70. The van der Waals surface area contributed by atoms with E-state index in [0.29, 0.717) is 6.04 Å². The maximum absolute atomic E-state index is 3.65. The highest BCUT2D eigenvalue weighted by atomic mass is 32.2. The highest BCUT2D eigenvalue weighted by molar-refractivity contribution is 7.99. The van der Waals surface area contributed by atoms with E-state index in [-0.39, 0.29) is 0 Å². The average molecular weight is 130 g/mol. The van der Waals surface area contributed by atoms with Gasteiger partial charge in [-0.3, -0.25) is 0 Å². The molecule has 0 aliphatic carbocycles. The van der Waals surface area contributed by atoms with Crippen LogP contribution in [0.4, 0.5) is 0 Å². The molecule has 1 aliphatic rings. The summed E-state index contributed by atoms with van der Waals surface area (Å²) in [5, 5.41) is 3.04. The van der Waals surface area contributed by atoms with Gasteiger partial charge in [-0.2, -0.15) is 11.8 Å². The molecule has 1 radical (unpaired) electrons. The molecule has 0 amide bonds. The Morgan fingerprint density at radius 3 is 2.38 bits per heavy atom. The molecular formula is C6H12NS. The van der Waals surface area contributed by atoms with Gasteiger partial charge in [0.05, 0.1) is 0 Å². The van der Waals surface area contributed by atoms with Crippen LogP contribution < -0.4 is 5.32 Å². The zero-order valence-corrected chi connectivity index (χ0v) is 5.84. The van der Waals surface area contributed by atoms with E-state index in [1.54, 1.807) is 0 Å². The maximum Gasteiger partial charge on any atom is 0.00833 e. The van der Waals surface area contributed by atoms with E-state index in [2.05, 4.69) is 12.4 Å². The molecule has 1 rings (SSSR count). The van der Waals surface area contributed by atoms with Crippen molar-refractivity contribution in [2.24, 2.45) is 0 Å². The molecule has 1 nitrogen and oxygen atoms in total. The predicted octanol–water partition coefficient (Wildman–Crippen LogP) is 1.26. The minimum atomic E-state index is 0.705. The fourth-order valence-electron chi connectivity index (χ4n) is 0.902. The quantitative estimate of drug-likeness (QED) is 0.573. The summed E-state index contributed by atoms with van der Waals surface area (Å²) >= 11 is 2.05. The third-order valence-corrected chi connectivity index (χ3v) is 2.56. The average Bonchev–Trinajstić information content (AvgIpc) is 1.90. The number of hydrogen-bond donors (Lipinski definition) is 1. The van der Waals surface area contributed by atoms with Crippen LogP contribution >= 0.6 is 11.8 Å². The van der Waals surface area contributed by atoms with Crippen LogP contribution in [-0.4, -0.2) is 17.5 Å². The molecule has 2 heteroatoms. The van der Waals surface area contributed by atoms with Crippen LogP contribution in [0.3, 0.4) is 0 Å². The molecular weight excluding hydrogens is 118 g/mol. The van der Waals surface area contributed by atoms with Crippen LogP contribution in [0.25, 0.3) is 0 Å². The Labute approximate surface area is 55.2 Å². The van der Waals surface area contributed by atoms with Gasteiger partial charge in [-0.05, 0) is 24.3 Å². The lowest BCUT2D eigenvalue weighted by molar-refractivity contribution is 0.546. The first-order valence-electron chi connectivity index (χ1n) is 3.04. The topological polar surface area (TPSA) is 12.0 Å². The second kappa shape index (κ2) is 3.36. The summed E-state index contributed by atoms with van der Waals surface area (Å²) in [6.07, 6.45) is 2.60. The molecule has 0 unspecified atom stereocenters. The zero-order chi connectivity index (χ0) is 5.82. The third-order valence-electron chi connectivity index (χ3n) is 1.51. The zero-order valence-electron chi connectivity index (χ0n) is 5.02. The number of rotatable bonds is 1. The first-order chi connectivity index (χ1) is 3.93. The maximum atomic E-state index is 3.65. The van der Waals surface area contributed by atoms with Crippen LogP contribution in [0, 0.1) is 7.05 Å². The van der Waals surface area contributed by atoms with E-state index in [0.717, 1.165) is 0 Å². The molecule has 0 saturated carbocycles. The largest absolute Gasteiger partial charge is 0.313 e. The van der Waals surface area contributed by atoms with Gasteiger partial charge < -0.3 is 5.32 Å². The van der Waals surface area contributed by atoms with Crippen molar-refractivity contribution in [1.29, 1.82) is 0 Å². The Bertz CT molecular complexity index is 59.5. The van der Waals surface area contributed by atoms with Gasteiger partial charge >= 0.3 is 0 Å². The molecule has 0 aromatic heterocycles. The number of thioether (sulfide) groups is 1. The Morgan fingerprint density at radius 1 is 1.38 bits per heavy atom. The summed E-state index contributed by atoms with van der Waals surface area (Å²) in [4.78, 5) is 0. The molecule has 1 saturated heterocycles. The third kappa shape index (κ3) is 1.67. The lowest BCUT2D eigenvalue weighted by atomic mass is 10.2. The van der Waals surface area contributed by atoms with Gasteiger partial charge in [0.2, 0.25) is 0 Å². The fraction of sp³-hybridized carbons (Fsp3) is 0.833. The van der Waals surface area contributed by atoms with Gasteiger partial charge in [-0.25, -0.2) is 0 Å². The summed E-state index contributed by atoms with van der Waals surface area (Å²) < 4.78 is 0. The van der Waals surface area contributed by atoms with E-state index in [4.69, 9.17) is 0 Å². The minimum absolute atomic E-state index is 0.705. The second-order valence-corrected chi connectivity index (χ2v) is 3.32. The van der Waals surface area contributed by atoms with Crippen LogP contribution in [0.15, 0.2) is 0 Å². The van der Waals surface area contributed by atoms with Crippen molar-refractivity contribution < 1.29 is 0 Å². The van der Waals surface area contributed by atoms with E-state index >= 15 is 0 Å². The second-order valence-electron chi connectivity index (χ2n) is 2.09. The van der Waals surface area contributed by atoms with Crippen molar-refractivity contribution in [3.05, 3.63) is 7.05 Å². The molecule has 1 N–H and O–H groups in total. The van der Waals surface area contributed by atoms with Crippen molar-refractivity contribution >= 4 is 11.8 Å². The van der Waals surface area contributed by atoms with Gasteiger partial charge in [-0.1, -0.05) is 0 Å². The first-order valence-corrected chi connectivity index (χ1v) is 4.19. The van der Waals surface area contributed by atoms with E-state index in [1.807, 2.05) is 11.8 Å². The Morgan fingerprint density at radius 2 is 2.00 bits per heavy atom. The van der Waals surface area contributed by atoms with Crippen molar-refractivity contribution in [1.82, 2.24) is 5.32 Å². The van der Waals surface area contributed by atoms with Gasteiger partial charge in [0.25, 0.3) is 0 Å². The van der Waals surface area contributed by atoms with Crippen LogP contribution in [0.5, 0.6) is 0 Å². The van der Waals surface area contributed by atoms with Crippen molar-refractivity contribution in [3.63, 3.8) is 0 Å². The molecule has 0 atom stereocenters. The van der Waals surface area contributed by atoms with Gasteiger partial charge in [0.1, 0.15) is 0 Å². The lowest BCUT2D eigenvalue weighted by Gasteiger charge is -2.19. The van der Waals surface area contributed by atoms with Gasteiger partial charge in [0.15, 0.2) is 0 Å². The molecule has 1 heterocycles. The molecule has 8 heavy (non-hydrogen) atoms. The van der Waals surface area contributed by atoms with Crippen LogP contribution in [-0.2, 0) is 0 Å². The predicted molar refractivity (Wildman–Crippen MR) is 38.8 cm³/mol. The first kappa shape index (κ1) is 6.43. The van der Waals surface area contributed by atoms with E-state index in [9.17, 15) is 0 Å². The molecule has 0 bridgehead atoms. The monoisotopic (exact) mass is 130 g/mol. The van der Waals surface area contributed by atoms with Gasteiger partial charge in [0, 0.05) is 13.1 Å². The summed E-state index contributed by atoms with van der Waals surface area (Å²) in [7, 11) is 3.65. The Balaban J connectivity index is 2.13. The molecule has 47 valence electrons. The summed E-state index contributed by atoms with van der Waals surface area (Å²) in [5.74, 6) is 2.63. The Hall–Kier alpha value is 0.310. The summed E-state index contributed by atoms with van der Waals surface area (Å²) in [6, 6.07) is 0.705. The highest BCUT2D eigenvalue weighted by Crippen LogP contribution is 2.16. The highest BCUT2D eigenvalue weighted by Gasteiger charge is 2.09. The minimum Gasteiger partial charge on any atom is -0.313 e. The summed E-state index contributed by atoms with van der Waals surface area (Å²) in [5.41, 5.74) is 0. The molecule has 1 fully saturated rings. The standard InChI is InChI=1S/C6H12NS/c1-7-6-2-4-8-5-3-6/h6-7H,1-5H2. The normalized spacial score (nSPS) is 23.6. The van der Waals surface area contributed by atoms with Crippen LogP contribution in [0.1, 0.15) is 12.8 Å². The molecule has 0 spiro atoms. The molecule has 1 aliphatic heterocycles. The van der Waals surface area contributed by atoms with E-state index < -0.39 is 0 Å². The van der Waals surface area contributed by atoms with Crippen molar-refractivity contribution in [2.45, 2.75) is 18.9 Å². The number of hydrogen-bond acceptors (Lipinski definition) is 2. The fourth-order valence-corrected chi connectivity index (χ4v) is 2.01. The SMILES string of the molecule is [CH2]NC1CCSCC1. The molecule has 0 aromatic carbocycles. The summed E-state index contributed by atoms with van der Waals surface area (Å²) in [6.45, 7) is 0. The molecule has 0 aromatic rings. The van der Waals surface area contributed by atoms with Gasteiger partial charge in [-0.15, -0.1) is 0 Å². The van der Waals surface area contributed by atoms with Crippen molar-refractivity contribution in [3.8, 4) is 0 Å². The van der Waals surface area contributed by atoms with Crippen molar-refractivity contribution in [2.75, 3.05) is 11.5 Å². The smallest absolute Gasteiger partial charge is 0.00833 e. The lowest BCUT2D eigenvalue weighted by Crippen LogP contribution is -2.27. The number of nitrogens with one attached hydrogen (secondary N) is 1.